The lowest BCUT2D eigenvalue weighted by Crippen LogP contribution is -2.46. The monoisotopic (exact) mass is 242 g/mol. The molecule has 1 aliphatic rings. The summed E-state index contributed by atoms with van der Waals surface area (Å²) in [5.41, 5.74) is 0. The van der Waals surface area contributed by atoms with E-state index in [-0.39, 0.29) is 6.42 Å². The molecular weight excluding hydrogens is 232 g/mol. The van der Waals surface area contributed by atoms with E-state index in [4.69, 9.17) is 14.4 Å². The summed E-state index contributed by atoms with van der Waals surface area (Å²) in [5.74, 6) is -1.25. The normalized spacial score (nSPS) is 32.5. The Morgan fingerprint density at radius 2 is 2.07 bits per heavy atom. The van der Waals surface area contributed by atoms with Gasteiger partial charge in [0.15, 0.2) is 6.10 Å². The maximum absolute atomic E-state index is 10.4. The summed E-state index contributed by atoms with van der Waals surface area (Å²) in [6, 6.07) is 0. The topological polar surface area (TPSA) is 130 Å². The molecule has 1 aliphatic heterocycles. The van der Waals surface area contributed by atoms with Crippen LogP contribution in [0.4, 0.5) is 0 Å². The number of aliphatic hydroxyl groups excluding tert-OH is 1. The number of rotatable bonds is 3. The molecule has 0 spiro atoms. The molecule has 1 saturated heterocycles. The molecule has 0 bridgehead atoms. The van der Waals surface area contributed by atoms with Gasteiger partial charge in [0, 0.05) is 6.42 Å². The Morgan fingerprint density at radius 1 is 1.47 bits per heavy atom. The number of carboxylic acids is 1. The van der Waals surface area contributed by atoms with Crippen molar-refractivity contribution in [2.75, 3.05) is 6.61 Å². The van der Waals surface area contributed by atoms with E-state index in [1.54, 1.807) is 0 Å². The molecule has 0 aromatic carbocycles. The standard InChI is InChI=1S/C6H10O8S/c7-3-1-4(6(8)9)13-2-5(3)14-15(10,11)12/h3-5,7H,1-2H2,(H,8,9)(H,10,11,12)/t3?,4-,5?/m1/s1. The molecule has 3 N–H and O–H groups in total. The van der Waals surface area contributed by atoms with Crippen molar-refractivity contribution in [3.8, 4) is 0 Å². The lowest BCUT2D eigenvalue weighted by atomic mass is 10.0. The van der Waals surface area contributed by atoms with Crippen molar-refractivity contribution in [1.82, 2.24) is 0 Å². The van der Waals surface area contributed by atoms with Gasteiger partial charge in [-0.2, -0.15) is 8.42 Å². The SMILES string of the molecule is O=C(O)[C@H]1CC(O)C(OS(=O)(=O)O)CO1. The highest BCUT2D eigenvalue weighted by Gasteiger charge is 2.36. The van der Waals surface area contributed by atoms with Crippen molar-refractivity contribution in [2.24, 2.45) is 0 Å². The highest BCUT2D eigenvalue weighted by Crippen LogP contribution is 2.18. The zero-order valence-electron chi connectivity index (χ0n) is 7.44. The molecule has 0 aromatic heterocycles. The van der Waals surface area contributed by atoms with Crippen molar-refractivity contribution in [1.29, 1.82) is 0 Å². The third kappa shape index (κ3) is 3.72. The Morgan fingerprint density at radius 3 is 2.47 bits per heavy atom. The first kappa shape index (κ1) is 12.3. The van der Waals surface area contributed by atoms with Crippen LogP contribution in [0.5, 0.6) is 0 Å². The van der Waals surface area contributed by atoms with E-state index in [0.29, 0.717) is 0 Å². The predicted molar refractivity (Wildman–Crippen MR) is 44.4 cm³/mol. The van der Waals surface area contributed by atoms with Gasteiger partial charge < -0.3 is 14.9 Å². The van der Waals surface area contributed by atoms with E-state index in [1.165, 1.54) is 0 Å². The molecular formula is C6H10O8S. The molecule has 0 aromatic rings. The van der Waals surface area contributed by atoms with Crippen LogP contribution in [-0.4, -0.2) is 54.1 Å². The Labute approximate surface area is 85.4 Å². The third-order valence-corrected chi connectivity index (χ3v) is 2.36. The largest absolute Gasteiger partial charge is 0.479 e. The number of carboxylic acid groups (broad SMARTS) is 1. The molecule has 0 aliphatic carbocycles. The average molecular weight is 242 g/mol. The van der Waals surface area contributed by atoms with Gasteiger partial charge in [-0.3, -0.25) is 4.55 Å². The van der Waals surface area contributed by atoms with E-state index in [9.17, 15) is 18.3 Å². The first-order chi connectivity index (χ1) is 6.79. The van der Waals surface area contributed by atoms with Crippen LogP contribution < -0.4 is 0 Å². The van der Waals surface area contributed by atoms with Gasteiger partial charge in [0.1, 0.15) is 6.10 Å². The Balaban J connectivity index is 2.57. The van der Waals surface area contributed by atoms with Gasteiger partial charge in [-0.05, 0) is 0 Å². The molecule has 1 heterocycles. The number of aliphatic hydroxyl groups is 1. The quantitative estimate of drug-likeness (QED) is 0.505. The van der Waals surface area contributed by atoms with Crippen molar-refractivity contribution in [2.45, 2.75) is 24.7 Å². The van der Waals surface area contributed by atoms with Crippen LogP contribution >= 0.6 is 0 Å². The van der Waals surface area contributed by atoms with Gasteiger partial charge >= 0.3 is 16.4 Å². The molecule has 1 fully saturated rings. The fourth-order valence-corrected chi connectivity index (χ4v) is 1.68. The van der Waals surface area contributed by atoms with Gasteiger partial charge in [0.25, 0.3) is 0 Å². The summed E-state index contributed by atoms with van der Waals surface area (Å²) in [7, 11) is -4.68. The first-order valence-corrected chi connectivity index (χ1v) is 5.34. The van der Waals surface area contributed by atoms with Crippen LogP contribution in [0.15, 0.2) is 0 Å². The number of hydrogen-bond donors (Lipinski definition) is 3. The van der Waals surface area contributed by atoms with Crippen LogP contribution in [0.25, 0.3) is 0 Å². The number of aliphatic carboxylic acids is 1. The lowest BCUT2D eigenvalue weighted by molar-refractivity contribution is -0.166. The summed E-state index contributed by atoms with van der Waals surface area (Å²) >= 11 is 0. The van der Waals surface area contributed by atoms with E-state index in [1.807, 2.05) is 0 Å². The van der Waals surface area contributed by atoms with Gasteiger partial charge in [0.05, 0.1) is 12.7 Å². The maximum Gasteiger partial charge on any atom is 0.397 e. The fourth-order valence-electron chi connectivity index (χ4n) is 1.18. The predicted octanol–water partition coefficient (Wildman–Crippen LogP) is -1.59. The highest BCUT2D eigenvalue weighted by molar-refractivity contribution is 7.80. The molecule has 8 nitrogen and oxygen atoms in total. The van der Waals surface area contributed by atoms with Crippen LogP contribution in [-0.2, 0) is 24.1 Å². The van der Waals surface area contributed by atoms with E-state index < -0.39 is 41.3 Å². The number of hydrogen-bond acceptors (Lipinski definition) is 6. The average Bonchev–Trinajstić information content (AvgIpc) is 2.05. The first-order valence-electron chi connectivity index (χ1n) is 3.98. The van der Waals surface area contributed by atoms with Crippen molar-refractivity contribution >= 4 is 16.4 Å². The second-order valence-corrected chi connectivity index (χ2v) is 4.07. The number of ether oxygens (including phenoxy) is 1. The van der Waals surface area contributed by atoms with Crippen LogP contribution in [0.3, 0.4) is 0 Å². The Kier molecular flexibility index (Phi) is 3.62. The zero-order valence-corrected chi connectivity index (χ0v) is 8.25. The van der Waals surface area contributed by atoms with Crippen molar-refractivity contribution in [3.63, 3.8) is 0 Å². The van der Waals surface area contributed by atoms with Crippen molar-refractivity contribution in [3.05, 3.63) is 0 Å². The second kappa shape index (κ2) is 4.41. The minimum atomic E-state index is -4.68. The smallest absolute Gasteiger partial charge is 0.397 e. The second-order valence-electron chi connectivity index (χ2n) is 3.03. The fraction of sp³-hybridized carbons (Fsp3) is 0.833. The third-order valence-electron chi connectivity index (χ3n) is 1.87. The van der Waals surface area contributed by atoms with Gasteiger partial charge in [-0.1, -0.05) is 0 Å². The summed E-state index contributed by atoms with van der Waals surface area (Å²) < 4.78 is 37.7. The molecule has 15 heavy (non-hydrogen) atoms. The molecule has 3 atom stereocenters. The van der Waals surface area contributed by atoms with Gasteiger partial charge in [-0.15, -0.1) is 0 Å². The molecule has 0 saturated carbocycles. The minimum absolute atomic E-state index is 0.296. The van der Waals surface area contributed by atoms with Crippen LogP contribution in [0.2, 0.25) is 0 Å². The lowest BCUT2D eigenvalue weighted by Gasteiger charge is -2.29. The van der Waals surface area contributed by atoms with E-state index >= 15 is 0 Å². The molecule has 9 heteroatoms. The maximum atomic E-state index is 10.4. The van der Waals surface area contributed by atoms with Gasteiger partial charge in [-0.25, -0.2) is 8.98 Å². The summed E-state index contributed by atoms with van der Waals surface area (Å²) in [4.78, 5) is 10.4. The highest BCUT2D eigenvalue weighted by atomic mass is 32.3. The number of carbonyl (C=O) groups is 1. The minimum Gasteiger partial charge on any atom is -0.479 e. The van der Waals surface area contributed by atoms with Crippen LogP contribution in [0.1, 0.15) is 6.42 Å². The molecule has 0 radical (unpaired) electrons. The Hall–Kier alpha value is -0.740. The molecule has 1 rings (SSSR count). The zero-order chi connectivity index (χ0) is 11.6. The Bertz CT molecular complexity index is 335. The summed E-state index contributed by atoms with van der Waals surface area (Å²) in [6.45, 7) is -0.419. The van der Waals surface area contributed by atoms with E-state index in [0.717, 1.165) is 0 Å². The molecule has 0 amide bonds. The van der Waals surface area contributed by atoms with E-state index in [2.05, 4.69) is 4.18 Å². The summed E-state index contributed by atoms with van der Waals surface area (Å²) in [6.07, 6.45) is -4.09. The van der Waals surface area contributed by atoms with Gasteiger partial charge in [0.2, 0.25) is 0 Å². The van der Waals surface area contributed by atoms with Crippen LogP contribution in [0, 0.1) is 0 Å². The molecule has 2 unspecified atom stereocenters. The molecule has 88 valence electrons. The van der Waals surface area contributed by atoms with Crippen molar-refractivity contribution < 1.29 is 36.9 Å². The summed E-state index contributed by atoms with van der Waals surface area (Å²) in [5, 5.41) is 17.8.